The first-order valence-corrected chi connectivity index (χ1v) is 8.87. The largest absolute Gasteiger partial charge is 0.298 e. The van der Waals surface area contributed by atoms with Gasteiger partial charge in [0, 0.05) is 11.8 Å². The predicted octanol–water partition coefficient (Wildman–Crippen LogP) is 4.95. The number of Topliss-reactive ketones (excluding diaryl/α,β-unsaturated/α-hetero) is 2. The van der Waals surface area contributed by atoms with Crippen molar-refractivity contribution in [1.29, 1.82) is 0 Å². The van der Waals surface area contributed by atoms with Crippen LogP contribution in [-0.2, 0) is 9.59 Å². The van der Waals surface area contributed by atoms with E-state index in [9.17, 15) is 9.59 Å². The third-order valence-corrected chi connectivity index (χ3v) is 5.88. The number of fused-ring (bicyclic) bond motifs is 2. The average molecular weight is 324 g/mol. The summed E-state index contributed by atoms with van der Waals surface area (Å²) in [5.74, 6) is -0.116. The van der Waals surface area contributed by atoms with Crippen molar-refractivity contribution in [3.8, 4) is 0 Å². The molecule has 3 atom stereocenters. The lowest BCUT2D eigenvalue weighted by molar-refractivity contribution is -0.149. The van der Waals surface area contributed by atoms with Crippen molar-refractivity contribution in [2.75, 3.05) is 0 Å². The molecule has 0 N–H and O–H groups in total. The van der Waals surface area contributed by atoms with Crippen LogP contribution in [0.15, 0.2) is 42.0 Å². The number of benzene rings is 1. The molecular formula is C22H28O2. The van der Waals surface area contributed by atoms with Crippen molar-refractivity contribution < 1.29 is 9.59 Å². The molecule has 1 saturated carbocycles. The van der Waals surface area contributed by atoms with Gasteiger partial charge in [-0.25, -0.2) is 0 Å². The number of carbonyl (C=O) groups is 2. The van der Waals surface area contributed by atoms with E-state index in [1.54, 1.807) is 0 Å². The fraction of sp³-hybridized carbons (Fsp3) is 0.545. The fourth-order valence-corrected chi connectivity index (χ4v) is 4.53. The first kappa shape index (κ1) is 17.1. The summed E-state index contributed by atoms with van der Waals surface area (Å²) in [6.45, 7) is 12.5. The maximum Gasteiger partial charge on any atom is 0.158 e. The van der Waals surface area contributed by atoms with Gasteiger partial charge in [-0.2, -0.15) is 0 Å². The maximum absolute atomic E-state index is 13.6. The first-order valence-electron chi connectivity index (χ1n) is 8.87. The minimum absolute atomic E-state index is 0.0849. The summed E-state index contributed by atoms with van der Waals surface area (Å²) in [6, 6.07) is 9.95. The molecule has 2 aliphatic carbocycles. The lowest BCUT2D eigenvalue weighted by Gasteiger charge is -2.44. The van der Waals surface area contributed by atoms with E-state index < -0.39 is 10.8 Å². The molecule has 0 aromatic heterocycles. The van der Waals surface area contributed by atoms with Crippen LogP contribution >= 0.6 is 0 Å². The van der Waals surface area contributed by atoms with E-state index in [-0.39, 0.29) is 28.8 Å². The molecule has 1 aromatic carbocycles. The topological polar surface area (TPSA) is 34.1 Å². The summed E-state index contributed by atoms with van der Waals surface area (Å²) in [4.78, 5) is 26.9. The molecule has 2 heteroatoms. The highest BCUT2D eigenvalue weighted by molar-refractivity contribution is 6.18. The number of allylic oxidation sites excluding steroid dienone is 2. The lowest BCUT2D eigenvalue weighted by atomic mass is 9.55. The molecular weight excluding hydrogens is 296 g/mol. The van der Waals surface area contributed by atoms with E-state index in [1.165, 1.54) is 0 Å². The summed E-state index contributed by atoms with van der Waals surface area (Å²) in [5.41, 5.74) is 0.685. The summed E-state index contributed by atoms with van der Waals surface area (Å²) in [7, 11) is 0. The van der Waals surface area contributed by atoms with Gasteiger partial charge in [0.25, 0.3) is 0 Å². The van der Waals surface area contributed by atoms with Crippen LogP contribution in [0.1, 0.15) is 59.4 Å². The van der Waals surface area contributed by atoms with Crippen LogP contribution in [0.2, 0.25) is 0 Å². The Balaban J connectivity index is 2.19. The zero-order chi connectivity index (χ0) is 17.9. The highest BCUT2D eigenvalue weighted by Gasteiger charge is 2.64. The van der Waals surface area contributed by atoms with Crippen molar-refractivity contribution in [3.63, 3.8) is 0 Å². The van der Waals surface area contributed by atoms with Crippen molar-refractivity contribution in [2.45, 2.75) is 53.9 Å². The Morgan fingerprint density at radius 3 is 1.92 bits per heavy atom. The second-order valence-corrected chi connectivity index (χ2v) is 9.39. The zero-order valence-corrected chi connectivity index (χ0v) is 15.6. The molecule has 128 valence electrons. The lowest BCUT2D eigenvalue weighted by Crippen LogP contribution is -2.52. The van der Waals surface area contributed by atoms with Crippen molar-refractivity contribution in [2.24, 2.45) is 22.2 Å². The van der Waals surface area contributed by atoms with E-state index in [0.29, 0.717) is 6.42 Å². The molecule has 1 fully saturated rings. The minimum atomic E-state index is -0.987. The summed E-state index contributed by atoms with van der Waals surface area (Å²) < 4.78 is 0. The van der Waals surface area contributed by atoms with Gasteiger partial charge >= 0.3 is 0 Å². The third kappa shape index (κ3) is 2.22. The second kappa shape index (κ2) is 5.15. The molecule has 0 amide bonds. The molecule has 0 unspecified atom stereocenters. The molecule has 0 radical (unpaired) electrons. The maximum atomic E-state index is 13.6. The first-order chi connectivity index (χ1) is 11.0. The normalized spacial score (nSPS) is 30.5. The Hall–Kier alpha value is -1.70. The number of hydrogen-bond acceptors (Lipinski definition) is 2. The van der Waals surface area contributed by atoms with Crippen LogP contribution in [0.4, 0.5) is 0 Å². The number of rotatable bonds is 1. The van der Waals surface area contributed by atoms with Gasteiger partial charge in [-0.3, -0.25) is 9.59 Å². The van der Waals surface area contributed by atoms with E-state index >= 15 is 0 Å². The number of carbonyl (C=O) groups excluding carboxylic acids is 2. The van der Waals surface area contributed by atoms with Crippen LogP contribution in [-0.4, -0.2) is 11.6 Å². The van der Waals surface area contributed by atoms with Gasteiger partial charge in [0.2, 0.25) is 0 Å². The molecule has 2 aliphatic rings. The van der Waals surface area contributed by atoms with Crippen molar-refractivity contribution in [3.05, 3.63) is 47.5 Å². The number of ketones is 2. The molecule has 0 saturated heterocycles. The van der Waals surface area contributed by atoms with Gasteiger partial charge in [0.15, 0.2) is 11.6 Å². The summed E-state index contributed by atoms with van der Waals surface area (Å²) in [5, 5.41) is 0. The molecule has 0 heterocycles. The Labute approximate surface area is 145 Å². The predicted molar refractivity (Wildman–Crippen MR) is 96.7 cm³/mol. The average Bonchev–Trinajstić information content (AvgIpc) is 2.69. The van der Waals surface area contributed by atoms with Gasteiger partial charge < -0.3 is 0 Å². The Kier molecular flexibility index (Phi) is 3.67. The Morgan fingerprint density at radius 1 is 0.875 bits per heavy atom. The monoisotopic (exact) mass is 324 g/mol. The smallest absolute Gasteiger partial charge is 0.158 e. The minimum Gasteiger partial charge on any atom is -0.298 e. The van der Waals surface area contributed by atoms with E-state index in [2.05, 4.69) is 20.8 Å². The molecule has 2 nitrogen and oxygen atoms in total. The summed E-state index contributed by atoms with van der Waals surface area (Å²) >= 11 is 0. The fourth-order valence-electron chi connectivity index (χ4n) is 4.53. The van der Waals surface area contributed by atoms with Crippen LogP contribution in [0.5, 0.6) is 0 Å². The zero-order valence-electron chi connectivity index (χ0n) is 15.6. The van der Waals surface area contributed by atoms with Crippen LogP contribution < -0.4 is 0 Å². The van der Waals surface area contributed by atoms with E-state index in [1.807, 2.05) is 57.2 Å². The van der Waals surface area contributed by atoms with Crippen LogP contribution in [0.3, 0.4) is 0 Å². The van der Waals surface area contributed by atoms with Gasteiger partial charge in [-0.15, -0.1) is 0 Å². The Morgan fingerprint density at radius 2 is 1.42 bits per heavy atom. The highest BCUT2D eigenvalue weighted by atomic mass is 16.2. The van der Waals surface area contributed by atoms with Crippen LogP contribution in [0, 0.1) is 22.2 Å². The van der Waals surface area contributed by atoms with Gasteiger partial charge in [-0.05, 0) is 22.8 Å². The van der Waals surface area contributed by atoms with Crippen molar-refractivity contribution in [1.82, 2.24) is 0 Å². The number of hydrogen-bond donors (Lipinski definition) is 0. The second-order valence-electron chi connectivity index (χ2n) is 9.39. The van der Waals surface area contributed by atoms with E-state index in [4.69, 9.17) is 0 Å². The van der Waals surface area contributed by atoms with Crippen LogP contribution in [0.25, 0.3) is 0 Å². The summed E-state index contributed by atoms with van der Waals surface area (Å²) in [6.07, 6.45) is 2.66. The van der Waals surface area contributed by atoms with Gasteiger partial charge in [0.1, 0.15) is 5.41 Å². The molecule has 2 bridgehead atoms. The standard InChI is InChI=1S/C22H28O2/c1-20(2,3)17-13-22(21(4,5)6)18(23)15(12-16(17)19(22)24)14-10-8-7-9-11-14/h7-11,13,15-16H,12H2,1-6H3/t15-,16-,22+/m1/s1. The molecule has 1 aromatic rings. The Bertz CT molecular complexity index is 713. The molecule has 0 spiro atoms. The quantitative estimate of drug-likeness (QED) is 0.541. The molecule has 24 heavy (non-hydrogen) atoms. The van der Waals surface area contributed by atoms with Gasteiger partial charge in [0.05, 0.1) is 0 Å². The third-order valence-electron chi connectivity index (χ3n) is 5.88. The SMILES string of the molecule is CC(C)(C)C1=C[C@@]2(C(C)(C)C)C(=O)[C@@H]1C[C@H](c1ccccc1)C2=O. The van der Waals surface area contributed by atoms with Crippen molar-refractivity contribution >= 4 is 11.6 Å². The van der Waals surface area contributed by atoms with Gasteiger partial charge in [-0.1, -0.05) is 83.5 Å². The highest BCUT2D eigenvalue weighted by Crippen LogP contribution is 2.60. The van der Waals surface area contributed by atoms with E-state index in [0.717, 1.165) is 11.1 Å². The molecule has 0 aliphatic heterocycles. The molecule has 3 rings (SSSR count).